The van der Waals surface area contributed by atoms with Crippen LogP contribution in [0.3, 0.4) is 0 Å². The highest BCUT2D eigenvalue weighted by Crippen LogP contribution is 2.33. The molecule has 0 spiro atoms. The van der Waals surface area contributed by atoms with Gasteiger partial charge in [0.15, 0.2) is 0 Å². The zero-order valence-electron chi connectivity index (χ0n) is 12.5. The number of aromatic nitrogens is 2. The van der Waals surface area contributed by atoms with Gasteiger partial charge in [-0.15, -0.1) is 0 Å². The van der Waals surface area contributed by atoms with E-state index in [0.717, 1.165) is 17.8 Å². The monoisotopic (exact) mass is 335 g/mol. The first-order valence-corrected chi connectivity index (χ1v) is 8.66. The highest BCUT2D eigenvalue weighted by atomic mass is 32.2. The Hall–Kier alpha value is -2.39. The SMILES string of the molecule is CCCOc1ccc(S(N)(=O)=O)cc1C1N=Cc2[nH]ncc2N1. The fourth-order valence-corrected chi connectivity index (χ4v) is 2.81. The Morgan fingerprint density at radius 1 is 1.39 bits per heavy atom. The van der Waals surface area contributed by atoms with Crippen molar-refractivity contribution in [1.29, 1.82) is 0 Å². The van der Waals surface area contributed by atoms with Gasteiger partial charge in [-0.1, -0.05) is 6.92 Å². The topological polar surface area (TPSA) is 122 Å². The molecule has 0 bridgehead atoms. The van der Waals surface area contributed by atoms with E-state index in [1.165, 1.54) is 12.1 Å². The highest BCUT2D eigenvalue weighted by Gasteiger charge is 2.22. The van der Waals surface area contributed by atoms with E-state index in [2.05, 4.69) is 20.5 Å². The summed E-state index contributed by atoms with van der Waals surface area (Å²) in [5.74, 6) is 0.570. The Morgan fingerprint density at radius 2 is 2.22 bits per heavy atom. The highest BCUT2D eigenvalue weighted by molar-refractivity contribution is 7.89. The maximum atomic E-state index is 11.6. The van der Waals surface area contributed by atoms with Gasteiger partial charge in [-0.05, 0) is 24.6 Å². The number of hydrogen-bond donors (Lipinski definition) is 3. The summed E-state index contributed by atoms with van der Waals surface area (Å²) in [4.78, 5) is 4.40. The quantitative estimate of drug-likeness (QED) is 0.762. The first-order chi connectivity index (χ1) is 11.0. The zero-order valence-corrected chi connectivity index (χ0v) is 13.3. The van der Waals surface area contributed by atoms with E-state index in [9.17, 15) is 8.42 Å². The molecule has 1 aliphatic heterocycles. The fourth-order valence-electron chi connectivity index (χ4n) is 2.26. The second-order valence-corrected chi connectivity index (χ2v) is 6.68. The molecule has 2 heterocycles. The van der Waals surface area contributed by atoms with Crippen LogP contribution in [-0.2, 0) is 10.0 Å². The van der Waals surface area contributed by atoms with Gasteiger partial charge in [0.2, 0.25) is 10.0 Å². The molecule has 9 heteroatoms. The van der Waals surface area contributed by atoms with Gasteiger partial charge in [0, 0.05) is 5.56 Å². The molecule has 122 valence electrons. The van der Waals surface area contributed by atoms with Crippen LogP contribution in [0.4, 0.5) is 5.69 Å². The lowest BCUT2D eigenvalue weighted by Crippen LogP contribution is -2.17. The number of nitrogens with zero attached hydrogens (tertiary/aromatic N) is 2. The summed E-state index contributed by atoms with van der Waals surface area (Å²) in [6.45, 7) is 2.52. The largest absolute Gasteiger partial charge is 0.493 e. The Labute approximate surface area is 133 Å². The number of primary sulfonamides is 1. The number of fused-ring (bicyclic) bond motifs is 1. The number of anilines is 1. The van der Waals surface area contributed by atoms with Crippen molar-refractivity contribution in [3.8, 4) is 5.75 Å². The van der Waals surface area contributed by atoms with Gasteiger partial charge < -0.3 is 10.1 Å². The Kier molecular flexibility index (Phi) is 4.05. The molecule has 1 aliphatic rings. The first-order valence-electron chi connectivity index (χ1n) is 7.11. The molecule has 0 saturated carbocycles. The predicted molar refractivity (Wildman–Crippen MR) is 86.1 cm³/mol. The Bertz CT molecular complexity index is 844. The summed E-state index contributed by atoms with van der Waals surface area (Å²) in [5, 5.41) is 15.1. The number of rotatable bonds is 5. The minimum absolute atomic E-state index is 0.0198. The molecule has 1 aromatic heterocycles. The van der Waals surface area contributed by atoms with Gasteiger partial charge in [-0.2, -0.15) is 5.10 Å². The number of hydrogen-bond acceptors (Lipinski definition) is 6. The van der Waals surface area contributed by atoms with E-state index in [-0.39, 0.29) is 4.90 Å². The van der Waals surface area contributed by atoms with E-state index in [1.54, 1.807) is 18.5 Å². The molecular weight excluding hydrogens is 318 g/mol. The maximum Gasteiger partial charge on any atom is 0.238 e. The molecule has 1 atom stereocenters. The number of ether oxygens (including phenoxy) is 1. The molecule has 0 aliphatic carbocycles. The number of aliphatic imine (C=N–C) groups is 1. The van der Waals surface area contributed by atoms with Crippen LogP contribution >= 0.6 is 0 Å². The third-order valence-electron chi connectivity index (χ3n) is 3.38. The summed E-state index contributed by atoms with van der Waals surface area (Å²) in [5.41, 5.74) is 2.15. The Morgan fingerprint density at radius 3 is 2.96 bits per heavy atom. The van der Waals surface area contributed by atoms with Gasteiger partial charge in [-0.25, -0.2) is 13.6 Å². The molecular formula is C14H17N5O3S. The van der Waals surface area contributed by atoms with Crippen LogP contribution in [0.25, 0.3) is 0 Å². The molecule has 4 N–H and O–H groups in total. The maximum absolute atomic E-state index is 11.6. The van der Waals surface area contributed by atoms with E-state index in [1.807, 2.05) is 6.92 Å². The summed E-state index contributed by atoms with van der Waals surface area (Å²) < 4.78 is 28.9. The van der Waals surface area contributed by atoms with Crippen LogP contribution in [0.2, 0.25) is 0 Å². The molecule has 0 fully saturated rings. The lowest BCUT2D eigenvalue weighted by Gasteiger charge is -2.22. The molecule has 3 rings (SSSR count). The lowest BCUT2D eigenvalue weighted by molar-refractivity contribution is 0.312. The summed E-state index contributed by atoms with van der Waals surface area (Å²) in [7, 11) is -3.80. The van der Waals surface area contributed by atoms with Crippen molar-refractivity contribution in [3.63, 3.8) is 0 Å². The average molecular weight is 335 g/mol. The number of sulfonamides is 1. The third kappa shape index (κ3) is 3.20. The minimum Gasteiger partial charge on any atom is -0.493 e. The summed E-state index contributed by atoms with van der Waals surface area (Å²) in [6.07, 6.45) is 3.65. The van der Waals surface area contributed by atoms with Crippen molar-refractivity contribution < 1.29 is 13.2 Å². The number of nitrogens with two attached hydrogens (primary N) is 1. The molecule has 0 amide bonds. The van der Waals surface area contributed by atoms with Crippen LogP contribution in [0.15, 0.2) is 34.3 Å². The molecule has 2 aromatic rings. The normalized spacial score (nSPS) is 16.7. The second-order valence-electron chi connectivity index (χ2n) is 5.12. The van der Waals surface area contributed by atoms with Crippen LogP contribution in [-0.4, -0.2) is 31.4 Å². The van der Waals surface area contributed by atoms with Crippen molar-refractivity contribution in [3.05, 3.63) is 35.7 Å². The molecule has 0 saturated heterocycles. The smallest absolute Gasteiger partial charge is 0.238 e. The molecule has 8 nitrogen and oxygen atoms in total. The van der Waals surface area contributed by atoms with Crippen molar-refractivity contribution in [2.45, 2.75) is 24.4 Å². The van der Waals surface area contributed by atoms with Crippen molar-refractivity contribution in [2.24, 2.45) is 10.1 Å². The van der Waals surface area contributed by atoms with Gasteiger partial charge in [0.25, 0.3) is 0 Å². The molecule has 23 heavy (non-hydrogen) atoms. The van der Waals surface area contributed by atoms with Crippen LogP contribution in [0.1, 0.15) is 30.8 Å². The van der Waals surface area contributed by atoms with Crippen LogP contribution in [0, 0.1) is 0 Å². The molecule has 1 unspecified atom stereocenters. The Balaban J connectivity index is 2.01. The van der Waals surface area contributed by atoms with Gasteiger partial charge in [0.1, 0.15) is 11.9 Å². The van der Waals surface area contributed by atoms with Crippen molar-refractivity contribution >= 4 is 21.9 Å². The second kappa shape index (κ2) is 6.01. The zero-order chi connectivity index (χ0) is 16.4. The van der Waals surface area contributed by atoms with Crippen molar-refractivity contribution in [1.82, 2.24) is 10.2 Å². The predicted octanol–water partition coefficient (Wildman–Crippen LogP) is 1.39. The fraction of sp³-hybridized carbons (Fsp3) is 0.286. The minimum atomic E-state index is -3.80. The van der Waals surface area contributed by atoms with E-state index in [4.69, 9.17) is 9.88 Å². The van der Waals surface area contributed by atoms with Crippen LogP contribution < -0.4 is 15.2 Å². The van der Waals surface area contributed by atoms with Gasteiger partial charge in [-0.3, -0.25) is 10.1 Å². The van der Waals surface area contributed by atoms with E-state index >= 15 is 0 Å². The first kappa shape index (κ1) is 15.5. The standard InChI is InChI=1S/C14H17N5O3S/c1-2-5-22-13-4-3-9(23(15,20)21)6-10(13)14-16-7-12-11(18-14)8-17-19-12/h3-4,6-8,14,18H,2,5H2,1H3,(H,17,19)(H2,15,20,21). The van der Waals surface area contributed by atoms with Gasteiger partial charge in [0.05, 0.1) is 35.3 Å². The number of benzene rings is 1. The molecule has 1 aromatic carbocycles. The van der Waals surface area contributed by atoms with E-state index < -0.39 is 16.2 Å². The third-order valence-corrected chi connectivity index (χ3v) is 4.29. The number of nitrogens with one attached hydrogen (secondary N) is 2. The van der Waals surface area contributed by atoms with Crippen molar-refractivity contribution in [2.75, 3.05) is 11.9 Å². The lowest BCUT2D eigenvalue weighted by atomic mass is 10.1. The number of H-pyrrole nitrogens is 1. The average Bonchev–Trinajstić information content (AvgIpc) is 2.99. The van der Waals surface area contributed by atoms with E-state index in [0.29, 0.717) is 17.9 Å². The molecule has 0 radical (unpaired) electrons. The summed E-state index contributed by atoms with van der Waals surface area (Å²) >= 11 is 0. The van der Waals surface area contributed by atoms with Gasteiger partial charge >= 0.3 is 0 Å². The van der Waals surface area contributed by atoms with Crippen LogP contribution in [0.5, 0.6) is 5.75 Å². The number of aromatic amines is 1. The summed E-state index contributed by atoms with van der Waals surface area (Å²) in [6, 6.07) is 4.52.